The van der Waals surface area contributed by atoms with Gasteiger partial charge in [0.15, 0.2) is 0 Å². The number of rotatable bonds is 1. The zero-order valence-corrected chi connectivity index (χ0v) is 17.6. The van der Waals surface area contributed by atoms with Gasteiger partial charge in [-0.2, -0.15) is 0 Å². The average Bonchev–Trinajstić information content (AvgIpc) is 2.81. The van der Waals surface area contributed by atoms with Gasteiger partial charge in [-0.15, -0.1) is 11.8 Å². The van der Waals surface area contributed by atoms with Gasteiger partial charge < -0.3 is 20.2 Å². The van der Waals surface area contributed by atoms with Crippen molar-refractivity contribution >= 4 is 41.1 Å². The molecule has 0 fully saturated rings. The zero-order chi connectivity index (χ0) is 21.6. The van der Waals surface area contributed by atoms with Crippen LogP contribution in [0.2, 0.25) is 0 Å². The number of oxime groups is 1. The molecule has 2 aliphatic heterocycles. The fourth-order valence-electron chi connectivity index (χ4n) is 2.39. The maximum atomic E-state index is 14.1. The molecule has 0 bridgehead atoms. The lowest BCUT2D eigenvalue weighted by Gasteiger charge is -2.18. The van der Waals surface area contributed by atoms with Crippen molar-refractivity contribution in [3.05, 3.63) is 23.5 Å². The molecule has 0 atom stereocenters. The number of benzene rings is 1. The Morgan fingerprint density at radius 2 is 2.00 bits per heavy atom. The van der Waals surface area contributed by atoms with E-state index in [9.17, 15) is 18.8 Å². The number of nitrogens with one attached hydrogen (secondary N) is 2. The van der Waals surface area contributed by atoms with Crippen molar-refractivity contribution in [2.45, 2.75) is 50.5 Å². The third-order valence-corrected chi connectivity index (χ3v) is 4.72. The summed E-state index contributed by atoms with van der Waals surface area (Å²) in [6, 6.07) is 2.94. The van der Waals surface area contributed by atoms with Crippen LogP contribution < -0.4 is 10.6 Å². The molecule has 1 aromatic carbocycles. The van der Waals surface area contributed by atoms with Gasteiger partial charge >= 0.3 is 12.1 Å². The number of hydrogen-bond donors (Lipinski definition) is 2. The molecule has 2 N–H and O–H groups in total. The zero-order valence-electron chi connectivity index (χ0n) is 16.8. The highest BCUT2D eigenvalue weighted by Gasteiger charge is 2.22. The van der Waals surface area contributed by atoms with Gasteiger partial charge in [0, 0.05) is 36.1 Å². The summed E-state index contributed by atoms with van der Waals surface area (Å²) in [7, 11) is 1.54. The third-order valence-electron chi connectivity index (χ3n) is 3.67. The van der Waals surface area contributed by atoms with Gasteiger partial charge in [0.25, 0.3) is 0 Å². The first kappa shape index (κ1) is 22.7. The SMILES string of the molecule is CNC(=O)OC(C)(C)C.O=C1CCSc2cc(F)c(C3=NOC(=O)CC3)cc2N1. The largest absolute Gasteiger partial charge is 0.444 e. The highest BCUT2D eigenvalue weighted by Crippen LogP contribution is 2.33. The van der Waals surface area contributed by atoms with Crippen molar-refractivity contribution in [1.29, 1.82) is 0 Å². The van der Waals surface area contributed by atoms with Gasteiger partial charge in [0.05, 0.1) is 17.8 Å². The van der Waals surface area contributed by atoms with Crippen LogP contribution in [0.5, 0.6) is 0 Å². The van der Waals surface area contributed by atoms with Crippen LogP contribution in [0.1, 0.15) is 45.6 Å². The Labute approximate surface area is 172 Å². The molecule has 8 nitrogen and oxygen atoms in total. The van der Waals surface area contributed by atoms with Crippen molar-refractivity contribution < 1.29 is 28.3 Å². The number of carbonyl (C=O) groups is 3. The Morgan fingerprint density at radius 1 is 1.28 bits per heavy atom. The molecular weight excluding hydrogens is 401 g/mol. The molecule has 2 amide bonds. The molecule has 0 radical (unpaired) electrons. The summed E-state index contributed by atoms with van der Waals surface area (Å²) in [6.45, 7) is 5.46. The van der Waals surface area contributed by atoms with E-state index in [1.807, 2.05) is 20.8 Å². The minimum atomic E-state index is -0.427. The first-order chi connectivity index (χ1) is 13.6. The molecule has 2 aliphatic rings. The number of amides is 2. The fourth-order valence-corrected chi connectivity index (χ4v) is 3.35. The van der Waals surface area contributed by atoms with Crippen molar-refractivity contribution in [1.82, 2.24) is 5.32 Å². The number of thioether (sulfide) groups is 1. The summed E-state index contributed by atoms with van der Waals surface area (Å²) in [6.07, 6.45) is 0.517. The minimum absolute atomic E-state index is 0.0918. The van der Waals surface area contributed by atoms with E-state index in [0.717, 1.165) is 0 Å². The molecule has 158 valence electrons. The number of nitrogens with zero attached hydrogens (tertiary/aromatic N) is 1. The number of fused-ring (bicyclic) bond motifs is 1. The summed E-state index contributed by atoms with van der Waals surface area (Å²) in [4.78, 5) is 38.3. The molecule has 0 spiro atoms. The predicted octanol–water partition coefficient (Wildman–Crippen LogP) is 3.44. The van der Waals surface area contributed by atoms with E-state index in [2.05, 4.69) is 20.6 Å². The number of alkyl carbamates (subject to hydrolysis) is 1. The Hall–Kier alpha value is -2.62. The first-order valence-electron chi connectivity index (χ1n) is 9.03. The Balaban J connectivity index is 0.000000284. The Kier molecular flexibility index (Phi) is 7.60. The number of carbonyl (C=O) groups excluding carboxylic acids is 3. The molecule has 29 heavy (non-hydrogen) atoms. The van der Waals surface area contributed by atoms with Crippen molar-refractivity contribution in [2.24, 2.45) is 5.16 Å². The second-order valence-corrected chi connectivity index (χ2v) is 8.36. The summed E-state index contributed by atoms with van der Waals surface area (Å²) in [5.74, 6) is -0.321. The van der Waals surface area contributed by atoms with Gasteiger partial charge in [0.1, 0.15) is 11.4 Å². The van der Waals surface area contributed by atoms with E-state index >= 15 is 0 Å². The van der Waals surface area contributed by atoms with E-state index in [1.165, 1.54) is 24.9 Å². The molecule has 0 aliphatic carbocycles. The summed E-state index contributed by atoms with van der Waals surface area (Å²) in [5.41, 5.74) is 0.834. The summed E-state index contributed by atoms with van der Waals surface area (Å²) < 4.78 is 19.0. The fraction of sp³-hybridized carbons (Fsp3) is 0.474. The smallest absolute Gasteiger partial charge is 0.407 e. The average molecular weight is 425 g/mol. The molecule has 1 aromatic rings. The minimum Gasteiger partial charge on any atom is -0.444 e. The van der Waals surface area contributed by atoms with Crippen LogP contribution in [0.4, 0.5) is 14.9 Å². The lowest BCUT2D eigenvalue weighted by Crippen LogP contribution is -2.30. The van der Waals surface area contributed by atoms with E-state index in [-0.39, 0.29) is 29.6 Å². The lowest BCUT2D eigenvalue weighted by molar-refractivity contribution is -0.144. The van der Waals surface area contributed by atoms with Gasteiger partial charge in [-0.1, -0.05) is 5.16 Å². The summed E-state index contributed by atoms with van der Waals surface area (Å²) in [5, 5.41) is 8.75. The van der Waals surface area contributed by atoms with Gasteiger partial charge in [-0.05, 0) is 32.9 Å². The van der Waals surface area contributed by atoms with E-state index < -0.39 is 11.8 Å². The topological polar surface area (TPSA) is 106 Å². The van der Waals surface area contributed by atoms with Crippen LogP contribution in [0.15, 0.2) is 22.2 Å². The van der Waals surface area contributed by atoms with Crippen LogP contribution in [-0.2, 0) is 19.2 Å². The van der Waals surface area contributed by atoms with Gasteiger partial charge in [-0.3, -0.25) is 4.79 Å². The van der Waals surface area contributed by atoms with E-state index in [4.69, 9.17) is 4.74 Å². The molecule has 3 rings (SSSR count). The second-order valence-electron chi connectivity index (χ2n) is 7.23. The van der Waals surface area contributed by atoms with Gasteiger partial charge in [0.2, 0.25) is 5.91 Å². The second kappa shape index (κ2) is 9.73. The van der Waals surface area contributed by atoms with Crippen LogP contribution in [-0.4, -0.2) is 42.1 Å². The normalized spacial score (nSPS) is 16.1. The highest BCUT2D eigenvalue weighted by molar-refractivity contribution is 7.99. The van der Waals surface area contributed by atoms with Gasteiger partial charge in [-0.25, -0.2) is 14.0 Å². The lowest BCUT2D eigenvalue weighted by atomic mass is 10.0. The molecule has 0 saturated carbocycles. The predicted molar refractivity (Wildman–Crippen MR) is 108 cm³/mol. The number of halogens is 1. The molecule has 0 aromatic heterocycles. The maximum Gasteiger partial charge on any atom is 0.407 e. The van der Waals surface area contributed by atoms with Crippen LogP contribution in [0.25, 0.3) is 0 Å². The highest BCUT2D eigenvalue weighted by atomic mass is 32.2. The first-order valence-corrected chi connectivity index (χ1v) is 10.0. The van der Waals surface area contributed by atoms with E-state index in [1.54, 1.807) is 6.07 Å². The Bertz CT molecular complexity index is 836. The monoisotopic (exact) mass is 425 g/mol. The van der Waals surface area contributed by atoms with Crippen LogP contribution >= 0.6 is 11.8 Å². The standard InChI is InChI=1S/C13H11FN2O3S.C6H13NO2/c14-8-6-11-10(15-12(17)3-4-20-11)5-7(8)9-1-2-13(18)19-16-9;1-6(2,3)9-5(8)7-4/h5-6H,1-4H2,(H,15,17);1-4H3,(H,7,8). The molecule has 0 saturated heterocycles. The Morgan fingerprint density at radius 3 is 2.55 bits per heavy atom. The quantitative estimate of drug-likeness (QED) is 0.668. The third kappa shape index (κ3) is 7.04. The maximum absolute atomic E-state index is 14.1. The van der Waals surface area contributed by atoms with Crippen molar-refractivity contribution in [3.63, 3.8) is 0 Å². The molecular formula is C19H24FN3O5S. The van der Waals surface area contributed by atoms with Crippen LogP contribution in [0.3, 0.4) is 0 Å². The van der Waals surface area contributed by atoms with Crippen LogP contribution in [0, 0.1) is 5.82 Å². The number of anilines is 1. The molecule has 2 heterocycles. The number of hydrogen-bond acceptors (Lipinski definition) is 7. The molecule has 10 heteroatoms. The summed E-state index contributed by atoms with van der Waals surface area (Å²) >= 11 is 1.43. The van der Waals surface area contributed by atoms with Crippen molar-refractivity contribution in [3.8, 4) is 0 Å². The van der Waals surface area contributed by atoms with Crippen molar-refractivity contribution in [2.75, 3.05) is 18.1 Å². The number of ether oxygens (including phenoxy) is 1. The van der Waals surface area contributed by atoms with E-state index in [0.29, 0.717) is 34.9 Å². The molecule has 0 unspecified atom stereocenters.